The van der Waals surface area contributed by atoms with Gasteiger partial charge in [-0.2, -0.15) is 0 Å². The lowest BCUT2D eigenvalue weighted by atomic mass is 10.2. The summed E-state index contributed by atoms with van der Waals surface area (Å²) in [6.07, 6.45) is 0. The maximum Gasteiger partial charge on any atom is 0.333 e. The summed E-state index contributed by atoms with van der Waals surface area (Å²) in [7, 11) is 3.01. The van der Waals surface area contributed by atoms with Crippen molar-refractivity contribution in [1.29, 1.82) is 0 Å². The minimum atomic E-state index is -0.521. The van der Waals surface area contributed by atoms with Gasteiger partial charge in [-0.25, -0.2) is 9.36 Å². The van der Waals surface area contributed by atoms with Crippen molar-refractivity contribution in [1.82, 2.24) is 9.55 Å². The SMILES string of the molecule is COc1ccc2[nH]c(=O)n(-c3ccccc3OC)c(=O)c2c1. The van der Waals surface area contributed by atoms with E-state index in [0.29, 0.717) is 28.1 Å². The van der Waals surface area contributed by atoms with Crippen LogP contribution in [0, 0.1) is 0 Å². The number of nitrogens with one attached hydrogen (secondary N) is 1. The molecule has 2 aromatic carbocycles. The molecule has 3 rings (SSSR count). The van der Waals surface area contributed by atoms with Crippen LogP contribution in [-0.4, -0.2) is 23.8 Å². The summed E-state index contributed by atoms with van der Waals surface area (Å²) in [6.45, 7) is 0. The van der Waals surface area contributed by atoms with Gasteiger partial charge in [-0.05, 0) is 30.3 Å². The van der Waals surface area contributed by atoms with Crippen molar-refractivity contribution in [3.63, 3.8) is 0 Å². The smallest absolute Gasteiger partial charge is 0.333 e. The van der Waals surface area contributed by atoms with Gasteiger partial charge in [0.25, 0.3) is 5.56 Å². The minimum Gasteiger partial charge on any atom is -0.497 e. The highest BCUT2D eigenvalue weighted by atomic mass is 16.5. The van der Waals surface area contributed by atoms with E-state index < -0.39 is 11.2 Å². The van der Waals surface area contributed by atoms with E-state index in [0.717, 1.165) is 4.57 Å². The second kappa shape index (κ2) is 5.40. The van der Waals surface area contributed by atoms with E-state index in [1.54, 1.807) is 42.5 Å². The molecule has 1 aromatic heterocycles. The summed E-state index contributed by atoms with van der Waals surface area (Å²) in [4.78, 5) is 27.7. The van der Waals surface area contributed by atoms with Gasteiger partial charge in [0.2, 0.25) is 0 Å². The monoisotopic (exact) mass is 298 g/mol. The fourth-order valence-electron chi connectivity index (χ4n) is 2.35. The average Bonchev–Trinajstić information content (AvgIpc) is 2.55. The highest BCUT2D eigenvalue weighted by Crippen LogP contribution is 2.20. The summed E-state index contributed by atoms with van der Waals surface area (Å²) in [6, 6.07) is 11.8. The van der Waals surface area contributed by atoms with Crippen LogP contribution in [0.5, 0.6) is 11.5 Å². The van der Waals surface area contributed by atoms with Crippen LogP contribution >= 0.6 is 0 Å². The van der Waals surface area contributed by atoms with Crippen molar-refractivity contribution in [2.75, 3.05) is 14.2 Å². The van der Waals surface area contributed by atoms with E-state index >= 15 is 0 Å². The fourth-order valence-corrected chi connectivity index (χ4v) is 2.35. The molecule has 112 valence electrons. The molecule has 0 fully saturated rings. The Labute approximate surface area is 125 Å². The van der Waals surface area contributed by atoms with E-state index in [2.05, 4.69) is 4.98 Å². The highest BCUT2D eigenvalue weighted by molar-refractivity contribution is 5.79. The molecule has 3 aromatic rings. The van der Waals surface area contributed by atoms with Crippen LogP contribution in [0.4, 0.5) is 0 Å². The van der Waals surface area contributed by atoms with Gasteiger partial charge < -0.3 is 14.5 Å². The summed E-state index contributed by atoms with van der Waals surface area (Å²) in [5.41, 5.74) is -0.0998. The normalized spacial score (nSPS) is 10.6. The molecule has 0 amide bonds. The summed E-state index contributed by atoms with van der Waals surface area (Å²) in [5.74, 6) is 0.987. The molecule has 0 saturated heterocycles. The number of fused-ring (bicyclic) bond motifs is 1. The van der Waals surface area contributed by atoms with Gasteiger partial charge in [-0.15, -0.1) is 0 Å². The summed E-state index contributed by atoms with van der Waals surface area (Å²) in [5, 5.41) is 0.366. The van der Waals surface area contributed by atoms with Crippen molar-refractivity contribution in [3.05, 3.63) is 63.3 Å². The third kappa shape index (κ3) is 2.14. The zero-order chi connectivity index (χ0) is 15.7. The molecular formula is C16H14N2O4. The van der Waals surface area contributed by atoms with Gasteiger partial charge in [0.05, 0.1) is 30.8 Å². The lowest BCUT2D eigenvalue weighted by Crippen LogP contribution is -2.33. The van der Waals surface area contributed by atoms with E-state index in [4.69, 9.17) is 9.47 Å². The van der Waals surface area contributed by atoms with Gasteiger partial charge in [0.15, 0.2) is 0 Å². The molecule has 0 radical (unpaired) electrons. The number of ether oxygens (including phenoxy) is 2. The molecular weight excluding hydrogens is 284 g/mol. The molecule has 0 atom stereocenters. The van der Waals surface area contributed by atoms with Crippen molar-refractivity contribution in [3.8, 4) is 17.2 Å². The Balaban J connectivity index is 2.39. The predicted molar refractivity (Wildman–Crippen MR) is 83.3 cm³/mol. The Kier molecular flexibility index (Phi) is 3.42. The van der Waals surface area contributed by atoms with Crippen LogP contribution in [0.3, 0.4) is 0 Å². The minimum absolute atomic E-state index is 0.366. The first-order valence-electron chi connectivity index (χ1n) is 6.62. The van der Waals surface area contributed by atoms with Crippen LogP contribution in [0.2, 0.25) is 0 Å². The van der Waals surface area contributed by atoms with Crippen molar-refractivity contribution in [2.45, 2.75) is 0 Å². The fraction of sp³-hybridized carbons (Fsp3) is 0.125. The largest absolute Gasteiger partial charge is 0.497 e. The van der Waals surface area contributed by atoms with Gasteiger partial charge in [0, 0.05) is 0 Å². The molecule has 1 N–H and O–H groups in total. The molecule has 22 heavy (non-hydrogen) atoms. The van der Waals surface area contributed by atoms with Crippen molar-refractivity contribution >= 4 is 10.9 Å². The van der Waals surface area contributed by atoms with Gasteiger partial charge in [-0.3, -0.25) is 4.79 Å². The third-order valence-electron chi connectivity index (χ3n) is 3.43. The lowest BCUT2D eigenvalue weighted by Gasteiger charge is -2.11. The maximum absolute atomic E-state index is 12.7. The standard InChI is InChI=1S/C16H14N2O4/c1-21-10-7-8-12-11(9-10)15(19)18(16(20)17-12)13-5-3-4-6-14(13)22-2/h3-9H,1-2H3,(H,17,20). The van der Waals surface area contributed by atoms with E-state index in [9.17, 15) is 9.59 Å². The molecule has 0 aliphatic heterocycles. The predicted octanol–water partition coefficient (Wildman–Crippen LogP) is 1.70. The van der Waals surface area contributed by atoms with Crippen molar-refractivity contribution < 1.29 is 9.47 Å². The Morgan fingerprint density at radius 1 is 1.00 bits per heavy atom. The number of methoxy groups -OCH3 is 2. The molecule has 0 saturated carbocycles. The van der Waals surface area contributed by atoms with Crippen LogP contribution in [0.15, 0.2) is 52.1 Å². The zero-order valence-corrected chi connectivity index (χ0v) is 12.1. The number of hydrogen-bond donors (Lipinski definition) is 1. The molecule has 0 aliphatic rings. The summed E-state index contributed by atoms with van der Waals surface area (Å²) >= 11 is 0. The molecule has 0 unspecified atom stereocenters. The number of rotatable bonds is 3. The number of hydrogen-bond acceptors (Lipinski definition) is 4. The van der Waals surface area contributed by atoms with E-state index in [-0.39, 0.29) is 0 Å². The highest BCUT2D eigenvalue weighted by Gasteiger charge is 2.13. The number of nitrogens with zero attached hydrogens (tertiary/aromatic N) is 1. The van der Waals surface area contributed by atoms with Crippen LogP contribution in [0.25, 0.3) is 16.6 Å². The number of aromatic nitrogens is 2. The van der Waals surface area contributed by atoms with E-state index in [1.807, 2.05) is 0 Å². The van der Waals surface area contributed by atoms with Gasteiger partial charge in [-0.1, -0.05) is 12.1 Å². The maximum atomic E-state index is 12.7. The molecule has 0 aliphatic carbocycles. The Hall–Kier alpha value is -3.02. The first-order chi connectivity index (χ1) is 10.7. The molecule has 0 bridgehead atoms. The van der Waals surface area contributed by atoms with Crippen LogP contribution in [-0.2, 0) is 0 Å². The topological polar surface area (TPSA) is 73.3 Å². The molecule has 6 heteroatoms. The first-order valence-corrected chi connectivity index (χ1v) is 6.62. The number of H-pyrrole nitrogens is 1. The number of benzene rings is 2. The first kappa shape index (κ1) is 13.9. The second-order valence-electron chi connectivity index (χ2n) is 4.65. The third-order valence-corrected chi connectivity index (χ3v) is 3.43. The van der Waals surface area contributed by atoms with Gasteiger partial charge in [0.1, 0.15) is 11.5 Å². The quantitative estimate of drug-likeness (QED) is 0.798. The lowest BCUT2D eigenvalue weighted by molar-refractivity contribution is 0.412. The number of para-hydroxylation sites is 2. The Morgan fingerprint density at radius 3 is 2.50 bits per heavy atom. The zero-order valence-electron chi connectivity index (χ0n) is 12.1. The molecule has 0 spiro atoms. The van der Waals surface area contributed by atoms with Crippen LogP contribution in [0.1, 0.15) is 0 Å². The van der Waals surface area contributed by atoms with Gasteiger partial charge >= 0.3 is 5.69 Å². The Morgan fingerprint density at radius 2 is 1.77 bits per heavy atom. The molecule has 1 heterocycles. The second-order valence-corrected chi connectivity index (χ2v) is 4.65. The summed E-state index contributed by atoms with van der Waals surface area (Å²) < 4.78 is 11.4. The average molecular weight is 298 g/mol. The Bertz CT molecular complexity index is 956. The molecule has 6 nitrogen and oxygen atoms in total. The van der Waals surface area contributed by atoms with Crippen molar-refractivity contribution in [2.24, 2.45) is 0 Å². The van der Waals surface area contributed by atoms with E-state index in [1.165, 1.54) is 14.2 Å². The van der Waals surface area contributed by atoms with Crippen LogP contribution < -0.4 is 20.7 Å². The number of aromatic amines is 1.